The number of anilines is 1. The van der Waals surface area contributed by atoms with E-state index in [1.807, 2.05) is 0 Å². The predicted octanol–water partition coefficient (Wildman–Crippen LogP) is 2.90. The number of carbonyl (C=O) groups excluding carboxylic acids is 2. The SMILES string of the molecule is O=C(NCC1CCCO1)c1cncc(C(=O)Nc2cccc(Cl)c2)c1. The summed E-state index contributed by atoms with van der Waals surface area (Å²) in [5, 5.41) is 6.06. The number of ether oxygens (including phenoxy) is 1. The molecule has 2 amide bonds. The second kappa shape index (κ2) is 8.09. The summed E-state index contributed by atoms with van der Waals surface area (Å²) in [5.41, 5.74) is 1.20. The maximum absolute atomic E-state index is 12.3. The Morgan fingerprint density at radius 3 is 2.72 bits per heavy atom. The molecule has 1 atom stereocenters. The van der Waals surface area contributed by atoms with E-state index in [1.165, 1.54) is 18.5 Å². The van der Waals surface area contributed by atoms with Crippen LogP contribution in [0.15, 0.2) is 42.7 Å². The second-order valence-corrected chi connectivity index (χ2v) is 6.21. The lowest BCUT2D eigenvalue weighted by Gasteiger charge is -2.11. The van der Waals surface area contributed by atoms with Gasteiger partial charge in [0.05, 0.1) is 17.2 Å². The third-order valence-electron chi connectivity index (χ3n) is 3.86. The molecule has 7 heteroatoms. The number of pyridine rings is 1. The number of benzene rings is 1. The summed E-state index contributed by atoms with van der Waals surface area (Å²) in [4.78, 5) is 28.5. The molecule has 1 aromatic carbocycles. The molecule has 2 aromatic rings. The number of carbonyl (C=O) groups is 2. The highest BCUT2D eigenvalue weighted by atomic mass is 35.5. The van der Waals surface area contributed by atoms with Gasteiger partial charge in [0.15, 0.2) is 0 Å². The van der Waals surface area contributed by atoms with Crippen LogP contribution in [0.3, 0.4) is 0 Å². The molecule has 1 saturated heterocycles. The van der Waals surface area contributed by atoms with Crippen molar-refractivity contribution in [1.29, 1.82) is 0 Å². The maximum atomic E-state index is 12.3. The Bertz CT molecular complexity index is 776. The summed E-state index contributed by atoms with van der Waals surface area (Å²) in [6.45, 7) is 1.19. The summed E-state index contributed by atoms with van der Waals surface area (Å²) in [6, 6.07) is 8.35. The quantitative estimate of drug-likeness (QED) is 0.860. The molecule has 1 fully saturated rings. The van der Waals surface area contributed by atoms with Crippen LogP contribution in [-0.2, 0) is 4.74 Å². The van der Waals surface area contributed by atoms with Crippen LogP contribution in [0.4, 0.5) is 5.69 Å². The Hall–Kier alpha value is -2.44. The van der Waals surface area contributed by atoms with Gasteiger partial charge in [-0.3, -0.25) is 14.6 Å². The van der Waals surface area contributed by atoms with Crippen molar-refractivity contribution < 1.29 is 14.3 Å². The summed E-state index contributed by atoms with van der Waals surface area (Å²) in [5.74, 6) is -0.635. The van der Waals surface area contributed by atoms with E-state index in [-0.39, 0.29) is 17.9 Å². The highest BCUT2D eigenvalue weighted by molar-refractivity contribution is 6.31. The van der Waals surface area contributed by atoms with Gasteiger partial charge >= 0.3 is 0 Å². The van der Waals surface area contributed by atoms with E-state index in [4.69, 9.17) is 16.3 Å². The first-order valence-corrected chi connectivity index (χ1v) is 8.41. The fourth-order valence-corrected chi connectivity index (χ4v) is 2.76. The van der Waals surface area contributed by atoms with Crippen molar-refractivity contribution in [2.45, 2.75) is 18.9 Å². The fraction of sp³-hybridized carbons (Fsp3) is 0.278. The van der Waals surface area contributed by atoms with Gasteiger partial charge in [0.2, 0.25) is 0 Å². The van der Waals surface area contributed by atoms with Gasteiger partial charge in [-0.1, -0.05) is 17.7 Å². The first-order chi connectivity index (χ1) is 12.1. The van der Waals surface area contributed by atoms with Crippen LogP contribution in [-0.4, -0.2) is 36.1 Å². The third-order valence-corrected chi connectivity index (χ3v) is 4.09. The molecule has 1 aromatic heterocycles. The monoisotopic (exact) mass is 359 g/mol. The van der Waals surface area contributed by atoms with Crippen molar-refractivity contribution >= 4 is 29.1 Å². The third kappa shape index (κ3) is 4.78. The average Bonchev–Trinajstić information content (AvgIpc) is 3.13. The van der Waals surface area contributed by atoms with Crippen molar-refractivity contribution in [3.05, 3.63) is 58.9 Å². The Balaban J connectivity index is 1.63. The summed E-state index contributed by atoms with van der Waals surface area (Å²) >= 11 is 5.90. The van der Waals surface area contributed by atoms with Gasteiger partial charge in [-0.15, -0.1) is 0 Å². The highest BCUT2D eigenvalue weighted by Gasteiger charge is 2.17. The van der Waals surface area contributed by atoms with E-state index in [9.17, 15) is 9.59 Å². The van der Waals surface area contributed by atoms with Gasteiger partial charge in [0.25, 0.3) is 11.8 Å². The van der Waals surface area contributed by atoms with Crippen LogP contribution in [0, 0.1) is 0 Å². The average molecular weight is 360 g/mol. The minimum absolute atomic E-state index is 0.0613. The van der Waals surface area contributed by atoms with E-state index < -0.39 is 0 Å². The molecular formula is C18H18ClN3O3. The fourth-order valence-electron chi connectivity index (χ4n) is 2.57. The lowest BCUT2D eigenvalue weighted by molar-refractivity contribution is 0.0857. The number of hydrogen-bond donors (Lipinski definition) is 2. The van der Waals surface area contributed by atoms with Crippen LogP contribution in [0.1, 0.15) is 33.6 Å². The Morgan fingerprint density at radius 2 is 2.00 bits per heavy atom. The Labute approximate surface area is 150 Å². The van der Waals surface area contributed by atoms with E-state index in [2.05, 4.69) is 15.6 Å². The minimum atomic E-state index is -0.358. The number of amides is 2. The number of aromatic nitrogens is 1. The van der Waals surface area contributed by atoms with Crippen LogP contribution >= 0.6 is 11.6 Å². The maximum Gasteiger partial charge on any atom is 0.257 e. The molecule has 2 N–H and O–H groups in total. The van der Waals surface area contributed by atoms with Gasteiger partial charge in [0, 0.05) is 36.3 Å². The molecular weight excluding hydrogens is 342 g/mol. The van der Waals surface area contributed by atoms with E-state index >= 15 is 0 Å². The van der Waals surface area contributed by atoms with E-state index in [1.54, 1.807) is 24.3 Å². The van der Waals surface area contributed by atoms with Gasteiger partial charge in [0.1, 0.15) is 0 Å². The molecule has 130 valence electrons. The lowest BCUT2D eigenvalue weighted by Crippen LogP contribution is -2.32. The second-order valence-electron chi connectivity index (χ2n) is 5.77. The molecule has 0 aliphatic carbocycles. The molecule has 0 saturated carbocycles. The van der Waals surface area contributed by atoms with E-state index in [0.29, 0.717) is 28.4 Å². The number of rotatable bonds is 5. The largest absolute Gasteiger partial charge is 0.376 e. The van der Waals surface area contributed by atoms with Crippen LogP contribution in [0.5, 0.6) is 0 Å². The summed E-state index contributed by atoms with van der Waals surface area (Å²) in [7, 11) is 0. The molecule has 3 rings (SSSR count). The van der Waals surface area contributed by atoms with Crippen LogP contribution in [0.2, 0.25) is 5.02 Å². The Kier molecular flexibility index (Phi) is 5.63. The zero-order chi connectivity index (χ0) is 17.6. The van der Waals surface area contributed by atoms with Crippen molar-refractivity contribution in [2.24, 2.45) is 0 Å². The van der Waals surface area contributed by atoms with Gasteiger partial charge < -0.3 is 15.4 Å². The number of hydrogen-bond acceptors (Lipinski definition) is 4. The normalized spacial score (nSPS) is 16.4. The van der Waals surface area contributed by atoms with Crippen molar-refractivity contribution in [3.63, 3.8) is 0 Å². The molecule has 1 unspecified atom stereocenters. The highest BCUT2D eigenvalue weighted by Crippen LogP contribution is 2.16. The van der Waals surface area contributed by atoms with Crippen molar-refractivity contribution in [1.82, 2.24) is 10.3 Å². The van der Waals surface area contributed by atoms with Crippen LogP contribution < -0.4 is 10.6 Å². The first kappa shape index (κ1) is 17.4. The molecule has 0 radical (unpaired) electrons. The molecule has 0 bridgehead atoms. The predicted molar refractivity (Wildman–Crippen MR) is 94.9 cm³/mol. The molecule has 1 aliphatic rings. The molecule has 0 spiro atoms. The molecule has 2 heterocycles. The van der Waals surface area contributed by atoms with Gasteiger partial charge in [-0.25, -0.2) is 0 Å². The van der Waals surface area contributed by atoms with Gasteiger partial charge in [-0.2, -0.15) is 0 Å². The summed E-state index contributed by atoms with van der Waals surface area (Å²) < 4.78 is 5.47. The van der Waals surface area contributed by atoms with E-state index in [0.717, 1.165) is 19.4 Å². The van der Waals surface area contributed by atoms with Gasteiger partial charge in [-0.05, 0) is 37.1 Å². The van der Waals surface area contributed by atoms with Crippen molar-refractivity contribution in [2.75, 3.05) is 18.5 Å². The number of halogens is 1. The number of nitrogens with zero attached hydrogens (tertiary/aromatic N) is 1. The zero-order valence-corrected chi connectivity index (χ0v) is 14.3. The zero-order valence-electron chi connectivity index (χ0n) is 13.5. The topological polar surface area (TPSA) is 80.3 Å². The smallest absolute Gasteiger partial charge is 0.257 e. The molecule has 6 nitrogen and oxygen atoms in total. The minimum Gasteiger partial charge on any atom is -0.376 e. The summed E-state index contributed by atoms with van der Waals surface area (Å²) in [6.07, 6.45) is 4.87. The van der Waals surface area contributed by atoms with Crippen LogP contribution in [0.25, 0.3) is 0 Å². The lowest BCUT2D eigenvalue weighted by atomic mass is 10.1. The molecule has 25 heavy (non-hydrogen) atoms. The Morgan fingerprint density at radius 1 is 1.20 bits per heavy atom. The number of nitrogens with one attached hydrogen (secondary N) is 2. The standard InChI is InChI=1S/C18H18ClN3O3/c19-14-3-1-4-15(8-14)22-18(24)13-7-12(9-20-10-13)17(23)21-11-16-5-2-6-25-16/h1,3-4,7-10,16H,2,5-6,11H2,(H,21,23)(H,22,24). The first-order valence-electron chi connectivity index (χ1n) is 8.03. The molecule has 1 aliphatic heterocycles. The van der Waals surface area contributed by atoms with Crippen molar-refractivity contribution in [3.8, 4) is 0 Å².